The van der Waals surface area contributed by atoms with E-state index in [1.807, 2.05) is 6.92 Å². The van der Waals surface area contributed by atoms with Gasteiger partial charge in [-0.05, 0) is 32.4 Å². The van der Waals surface area contributed by atoms with Crippen molar-refractivity contribution in [1.82, 2.24) is 10.0 Å². The average molecular weight is 317 g/mol. The van der Waals surface area contributed by atoms with E-state index < -0.39 is 26.5 Å². The fourth-order valence-corrected chi connectivity index (χ4v) is 3.64. The Hall–Kier alpha value is -1.58. The molecule has 2 unspecified atom stereocenters. The lowest BCUT2D eigenvalue weighted by Crippen LogP contribution is -2.51. The van der Waals surface area contributed by atoms with E-state index in [9.17, 15) is 22.9 Å². The van der Waals surface area contributed by atoms with Crippen molar-refractivity contribution in [2.45, 2.75) is 36.7 Å². The second-order valence-corrected chi connectivity index (χ2v) is 6.70. The summed E-state index contributed by atoms with van der Waals surface area (Å²) in [7, 11) is -3.91. The average Bonchev–Trinajstić information content (AvgIpc) is 2.40. The lowest BCUT2D eigenvalue weighted by molar-refractivity contribution is -0.387. The molecule has 0 aromatic heterocycles. The third-order valence-electron chi connectivity index (χ3n) is 3.49. The van der Waals surface area contributed by atoms with Gasteiger partial charge in [-0.25, -0.2) is 13.1 Å². The van der Waals surface area contributed by atoms with Gasteiger partial charge in [0, 0.05) is 24.2 Å². The van der Waals surface area contributed by atoms with Crippen LogP contribution >= 0.6 is 0 Å². The zero-order chi connectivity index (χ0) is 15.6. The third kappa shape index (κ3) is 3.55. The summed E-state index contributed by atoms with van der Waals surface area (Å²) in [4.78, 5) is 9.32. The Morgan fingerprint density at radius 3 is 2.76 bits per heavy atom. The number of benzene rings is 1. The van der Waals surface area contributed by atoms with Crippen LogP contribution in [0.1, 0.15) is 19.8 Å². The summed E-state index contributed by atoms with van der Waals surface area (Å²) >= 11 is 0. The molecule has 1 aliphatic heterocycles. The van der Waals surface area contributed by atoms with Gasteiger partial charge >= 0.3 is 5.69 Å². The molecule has 2 atom stereocenters. The number of halogens is 1. The van der Waals surface area contributed by atoms with Gasteiger partial charge in [0.25, 0.3) is 0 Å². The molecule has 0 saturated carbocycles. The summed E-state index contributed by atoms with van der Waals surface area (Å²) in [6, 6.07) is 2.23. The predicted octanol–water partition coefficient (Wildman–Crippen LogP) is 1.15. The summed E-state index contributed by atoms with van der Waals surface area (Å²) in [5.74, 6) is -1.17. The minimum Gasteiger partial charge on any atom is -0.313 e. The number of nitro benzene ring substituents is 1. The second kappa shape index (κ2) is 6.04. The first-order chi connectivity index (χ1) is 9.81. The van der Waals surface area contributed by atoms with Crippen molar-refractivity contribution in [3.8, 4) is 0 Å². The van der Waals surface area contributed by atoms with Crippen molar-refractivity contribution >= 4 is 15.7 Å². The van der Waals surface area contributed by atoms with E-state index >= 15 is 0 Å². The Balaban J connectivity index is 2.23. The van der Waals surface area contributed by atoms with E-state index in [0.29, 0.717) is 12.5 Å². The van der Waals surface area contributed by atoms with Crippen molar-refractivity contribution in [3.63, 3.8) is 0 Å². The Morgan fingerprint density at radius 2 is 2.19 bits per heavy atom. The van der Waals surface area contributed by atoms with Gasteiger partial charge in [-0.15, -0.1) is 0 Å². The number of sulfonamides is 1. The van der Waals surface area contributed by atoms with Crippen LogP contribution in [0.2, 0.25) is 0 Å². The number of nitrogens with zero attached hydrogens (tertiary/aromatic N) is 1. The third-order valence-corrected chi connectivity index (χ3v) is 4.98. The molecule has 1 heterocycles. The quantitative estimate of drug-likeness (QED) is 0.641. The molecular formula is C12H16FN3O4S. The molecule has 0 spiro atoms. The van der Waals surface area contributed by atoms with Crippen LogP contribution < -0.4 is 10.0 Å². The molecule has 1 aromatic rings. The Labute approximate surface area is 121 Å². The van der Waals surface area contributed by atoms with Crippen LogP contribution in [0.15, 0.2) is 23.1 Å². The number of hydrogen-bond donors (Lipinski definition) is 2. The molecule has 2 rings (SSSR count). The SMILES string of the molecule is CC1NCCCC1NS(=O)(=O)c1ccc([N+](=O)[O-])c(F)c1. The standard InChI is InChI=1S/C12H16FN3O4S/c1-8-11(3-2-6-14-8)15-21(19,20)9-4-5-12(16(17)18)10(13)7-9/h4-5,7-8,11,14-15H,2-3,6H2,1H3. The first-order valence-corrected chi connectivity index (χ1v) is 7.99. The zero-order valence-corrected chi connectivity index (χ0v) is 12.2. The molecule has 21 heavy (non-hydrogen) atoms. The van der Waals surface area contributed by atoms with Crippen LogP contribution in [0.3, 0.4) is 0 Å². The monoisotopic (exact) mass is 317 g/mol. The van der Waals surface area contributed by atoms with Gasteiger partial charge in [0.1, 0.15) is 0 Å². The van der Waals surface area contributed by atoms with Crippen molar-refractivity contribution in [2.24, 2.45) is 0 Å². The summed E-state index contributed by atoms with van der Waals surface area (Å²) in [5.41, 5.74) is -0.748. The fraction of sp³-hybridized carbons (Fsp3) is 0.500. The van der Waals surface area contributed by atoms with E-state index in [0.717, 1.165) is 25.1 Å². The summed E-state index contributed by atoms with van der Waals surface area (Å²) < 4.78 is 40.5. The number of rotatable bonds is 4. The molecule has 116 valence electrons. The maximum atomic E-state index is 13.5. The largest absolute Gasteiger partial charge is 0.313 e. The van der Waals surface area contributed by atoms with Crippen LogP contribution in [0.25, 0.3) is 0 Å². The minimum atomic E-state index is -3.91. The molecule has 1 aliphatic rings. The number of piperidine rings is 1. The molecule has 0 bridgehead atoms. The molecule has 0 radical (unpaired) electrons. The molecular weight excluding hydrogens is 301 g/mol. The highest BCUT2D eigenvalue weighted by Gasteiger charge is 2.27. The summed E-state index contributed by atoms with van der Waals surface area (Å²) in [6.07, 6.45) is 1.52. The molecule has 7 nitrogen and oxygen atoms in total. The molecule has 1 saturated heterocycles. The van der Waals surface area contributed by atoms with Gasteiger partial charge in [0.15, 0.2) is 0 Å². The maximum absolute atomic E-state index is 13.5. The molecule has 1 fully saturated rings. The van der Waals surface area contributed by atoms with E-state index in [1.54, 1.807) is 0 Å². The van der Waals surface area contributed by atoms with Gasteiger partial charge in [-0.2, -0.15) is 4.39 Å². The van der Waals surface area contributed by atoms with Crippen molar-refractivity contribution in [3.05, 3.63) is 34.1 Å². The van der Waals surface area contributed by atoms with Crippen LogP contribution in [-0.2, 0) is 10.0 Å². The summed E-state index contributed by atoms with van der Waals surface area (Å²) in [6.45, 7) is 2.69. The number of hydrogen-bond acceptors (Lipinski definition) is 5. The Morgan fingerprint density at radius 1 is 1.48 bits per heavy atom. The Kier molecular flexibility index (Phi) is 4.55. The van der Waals surface area contributed by atoms with Gasteiger partial charge in [0.2, 0.25) is 15.8 Å². The maximum Gasteiger partial charge on any atom is 0.304 e. The number of nitrogens with one attached hydrogen (secondary N) is 2. The highest BCUT2D eigenvalue weighted by atomic mass is 32.2. The van der Waals surface area contributed by atoms with Gasteiger partial charge < -0.3 is 5.32 Å². The fourth-order valence-electron chi connectivity index (χ4n) is 2.28. The molecule has 0 amide bonds. The van der Waals surface area contributed by atoms with E-state index in [-0.39, 0.29) is 17.0 Å². The smallest absolute Gasteiger partial charge is 0.304 e. The Bertz CT molecular complexity index is 650. The van der Waals surface area contributed by atoms with Crippen LogP contribution in [0, 0.1) is 15.9 Å². The van der Waals surface area contributed by atoms with Crippen LogP contribution in [0.5, 0.6) is 0 Å². The second-order valence-electron chi connectivity index (χ2n) is 4.98. The normalized spacial score (nSPS) is 23.0. The first kappa shape index (κ1) is 15.8. The van der Waals surface area contributed by atoms with Crippen molar-refractivity contribution in [1.29, 1.82) is 0 Å². The highest BCUT2D eigenvalue weighted by molar-refractivity contribution is 7.89. The first-order valence-electron chi connectivity index (χ1n) is 6.51. The molecule has 2 N–H and O–H groups in total. The lowest BCUT2D eigenvalue weighted by Gasteiger charge is -2.30. The molecule has 1 aromatic carbocycles. The van der Waals surface area contributed by atoms with Crippen molar-refractivity contribution < 1.29 is 17.7 Å². The van der Waals surface area contributed by atoms with Crippen molar-refractivity contribution in [2.75, 3.05) is 6.54 Å². The summed E-state index contributed by atoms with van der Waals surface area (Å²) in [5, 5.41) is 13.7. The predicted molar refractivity (Wildman–Crippen MR) is 73.9 cm³/mol. The van der Waals surface area contributed by atoms with Crippen LogP contribution in [-0.4, -0.2) is 32.0 Å². The van der Waals surface area contributed by atoms with Gasteiger partial charge in [-0.3, -0.25) is 10.1 Å². The highest BCUT2D eigenvalue weighted by Crippen LogP contribution is 2.21. The zero-order valence-electron chi connectivity index (χ0n) is 11.4. The minimum absolute atomic E-state index is 0.0311. The number of nitro groups is 1. The lowest BCUT2D eigenvalue weighted by atomic mass is 10.0. The van der Waals surface area contributed by atoms with Gasteiger partial charge in [0.05, 0.1) is 9.82 Å². The van der Waals surface area contributed by atoms with E-state index in [2.05, 4.69) is 10.0 Å². The molecule has 0 aliphatic carbocycles. The van der Waals surface area contributed by atoms with E-state index in [1.165, 1.54) is 0 Å². The van der Waals surface area contributed by atoms with Gasteiger partial charge in [-0.1, -0.05) is 0 Å². The topological polar surface area (TPSA) is 101 Å². The van der Waals surface area contributed by atoms with Crippen LogP contribution in [0.4, 0.5) is 10.1 Å². The van der Waals surface area contributed by atoms with E-state index in [4.69, 9.17) is 0 Å². The molecule has 9 heteroatoms.